The molecule has 0 fully saturated rings. The van der Waals surface area contributed by atoms with Gasteiger partial charge in [0.05, 0.1) is 22.3 Å². The van der Waals surface area contributed by atoms with Gasteiger partial charge in [0, 0.05) is 29.0 Å². The second-order valence-electron chi connectivity index (χ2n) is 6.82. The summed E-state index contributed by atoms with van der Waals surface area (Å²) in [6, 6.07) is 13.4. The van der Waals surface area contributed by atoms with E-state index in [2.05, 4.69) is 15.3 Å². The summed E-state index contributed by atoms with van der Waals surface area (Å²) in [5.74, 6) is -0.391. The van der Waals surface area contributed by atoms with Crippen LogP contribution in [0.3, 0.4) is 0 Å². The number of anilines is 3. The largest absolute Gasteiger partial charge is 0.416 e. The molecule has 0 aliphatic rings. The maximum Gasteiger partial charge on any atom is 0.416 e. The molecule has 0 bridgehead atoms. The number of primary amides is 1. The minimum Gasteiger partial charge on any atom is -0.384 e. The first-order chi connectivity index (χ1) is 14.7. The molecule has 4 rings (SSSR count). The van der Waals surface area contributed by atoms with Gasteiger partial charge in [-0.25, -0.2) is 4.98 Å². The third-order valence-electron chi connectivity index (χ3n) is 4.71. The average Bonchev–Trinajstić information content (AvgIpc) is 2.73. The first-order valence-electron chi connectivity index (χ1n) is 9.11. The molecule has 0 saturated heterocycles. The van der Waals surface area contributed by atoms with Gasteiger partial charge in [0.2, 0.25) is 0 Å². The number of fused-ring (bicyclic) bond motifs is 1. The van der Waals surface area contributed by atoms with Crippen molar-refractivity contribution in [3.8, 4) is 11.1 Å². The summed E-state index contributed by atoms with van der Waals surface area (Å²) >= 11 is 0. The number of nitrogen functional groups attached to an aromatic ring is 1. The van der Waals surface area contributed by atoms with Gasteiger partial charge in [0.1, 0.15) is 5.82 Å². The first-order valence-corrected chi connectivity index (χ1v) is 9.11. The molecule has 0 radical (unpaired) electrons. The lowest BCUT2D eigenvalue weighted by Gasteiger charge is -2.15. The van der Waals surface area contributed by atoms with Crippen LogP contribution in [0.25, 0.3) is 22.0 Å². The maximum absolute atomic E-state index is 13.1. The fourth-order valence-corrected chi connectivity index (χ4v) is 3.19. The van der Waals surface area contributed by atoms with Crippen LogP contribution in [0.15, 0.2) is 67.0 Å². The summed E-state index contributed by atoms with van der Waals surface area (Å²) in [6.45, 7) is 0. The number of amides is 1. The van der Waals surface area contributed by atoms with Gasteiger partial charge in [-0.3, -0.25) is 9.78 Å². The molecule has 5 N–H and O–H groups in total. The SMILES string of the molecule is NC(=O)c1cnc2ccc(-c3ccc(N)nc3)cc2c1Nc1cccc(C(F)(F)F)c1. The number of nitrogens with one attached hydrogen (secondary N) is 1. The molecule has 0 saturated carbocycles. The Kier molecular flexibility index (Phi) is 4.94. The van der Waals surface area contributed by atoms with E-state index in [1.807, 2.05) is 6.07 Å². The minimum atomic E-state index is -4.50. The van der Waals surface area contributed by atoms with Crippen LogP contribution in [-0.4, -0.2) is 15.9 Å². The average molecular weight is 423 g/mol. The van der Waals surface area contributed by atoms with E-state index < -0.39 is 17.6 Å². The van der Waals surface area contributed by atoms with E-state index in [-0.39, 0.29) is 16.9 Å². The van der Waals surface area contributed by atoms with Crippen molar-refractivity contribution in [3.05, 3.63) is 78.1 Å². The first kappa shape index (κ1) is 20.1. The number of hydrogen-bond donors (Lipinski definition) is 3. The van der Waals surface area contributed by atoms with Crippen LogP contribution in [0.4, 0.5) is 30.4 Å². The molecule has 0 unspecified atom stereocenters. The molecule has 2 aromatic heterocycles. The van der Waals surface area contributed by atoms with Crippen LogP contribution in [0.1, 0.15) is 15.9 Å². The van der Waals surface area contributed by atoms with E-state index in [0.29, 0.717) is 16.7 Å². The zero-order chi connectivity index (χ0) is 22.2. The maximum atomic E-state index is 13.1. The van der Waals surface area contributed by atoms with Crippen molar-refractivity contribution < 1.29 is 18.0 Å². The third kappa shape index (κ3) is 4.11. The summed E-state index contributed by atoms with van der Waals surface area (Å²) in [7, 11) is 0. The van der Waals surface area contributed by atoms with Crippen molar-refractivity contribution in [1.29, 1.82) is 0 Å². The van der Waals surface area contributed by atoms with Crippen LogP contribution in [-0.2, 0) is 6.18 Å². The second kappa shape index (κ2) is 7.60. The number of carbonyl (C=O) groups is 1. The van der Waals surface area contributed by atoms with Crippen molar-refractivity contribution in [2.75, 3.05) is 11.1 Å². The van der Waals surface area contributed by atoms with Gasteiger partial charge in [-0.2, -0.15) is 13.2 Å². The Labute approximate surface area is 174 Å². The Morgan fingerprint density at radius 2 is 1.71 bits per heavy atom. The number of carbonyl (C=O) groups excluding carboxylic acids is 1. The number of benzene rings is 2. The number of halogens is 3. The summed E-state index contributed by atoms with van der Waals surface area (Å²) < 4.78 is 39.3. The highest BCUT2D eigenvalue weighted by atomic mass is 19.4. The molecule has 156 valence electrons. The van der Waals surface area contributed by atoms with Crippen LogP contribution in [0.5, 0.6) is 0 Å². The van der Waals surface area contributed by atoms with Crippen molar-refractivity contribution in [3.63, 3.8) is 0 Å². The second-order valence-corrected chi connectivity index (χ2v) is 6.82. The predicted molar refractivity (Wildman–Crippen MR) is 113 cm³/mol. The van der Waals surface area contributed by atoms with Gasteiger partial charge < -0.3 is 16.8 Å². The highest BCUT2D eigenvalue weighted by Gasteiger charge is 2.30. The van der Waals surface area contributed by atoms with E-state index >= 15 is 0 Å². The summed E-state index contributed by atoms with van der Waals surface area (Å²) in [4.78, 5) is 20.3. The van der Waals surface area contributed by atoms with Crippen molar-refractivity contribution in [2.24, 2.45) is 5.73 Å². The van der Waals surface area contributed by atoms with Crippen LogP contribution >= 0.6 is 0 Å². The zero-order valence-electron chi connectivity index (χ0n) is 15.9. The molecule has 31 heavy (non-hydrogen) atoms. The Hall–Kier alpha value is -4.14. The van der Waals surface area contributed by atoms with Crippen molar-refractivity contribution in [2.45, 2.75) is 6.18 Å². The van der Waals surface area contributed by atoms with Gasteiger partial charge in [-0.1, -0.05) is 12.1 Å². The van der Waals surface area contributed by atoms with Gasteiger partial charge in [0.25, 0.3) is 5.91 Å². The number of pyridine rings is 2. The van der Waals surface area contributed by atoms with Gasteiger partial charge in [-0.15, -0.1) is 0 Å². The highest BCUT2D eigenvalue weighted by Crippen LogP contribution is 2.35. The number of alkyl halides is 3. The van der Waals surface area contributed by atoms with E-state index in [4.69, 9.17) is 11.5 Å². The molecule has 1 amide bonds. The molecule has 0 spiro atoms. The Bertz CT molecular complexity index is 1290. The molecule has 6 nitrogen and oxygen atoms in total. The lowest BCUT2D eigenvalue weighted by Crippen LogP contribution is -2.14. The van der Waals surface area contributed by atoms with Crippen LogP contribution in [0.2, 0.25) is 0 Å². The molecule has 4 aromatic rings. The fourth-order valence-electron chi connectivity index (χ4n) is 3.19. The third-order valence-corrected chi connectivity index (χ3v) is 4.71. The van der Waals surface area contributed by atoms with E-state index in [1.165, 1.54) is 18.3 Å². The Balaban J connectivity index is 1.87. The Morgan fingerprint density at radius 3 is 2.39 bits per heavy atom. The number of rotatable bonds is 4. The molecule has 2 aromatic carbocycles. The molecule has 0 aliphatic carbocycles. The lowest BCUT2D eigenvalue weighted by atomic mass is 10.0. The minimum absolute atomic E-state index is 0.0532. The van der Waals surface area contributed by atoms with Gasteiger partial charge >= 0.3 is 6.18 Å². The number of hydrogen-bond acceptors (Lipinski definition) is 5. The molecular formula is C22H16F3N5O. The molecule has 0 aliphatic heterocycles. The number of aromatic nitrogens is 2. The van der Waals surface area contributed by atoms with E-state index in [9.17, 15) is 18.0 Å². The van der Waals surface area contributed by atoms with E-state index in [1.54, 1.807) is 30.5 Å². The Morgan fingerprint density at radius 1 is 0.935 bits per heavy atom. The lowest BCUT2D eigenvalue weighted by molar-refractivity contribution is -0.137. The quantitative estimate of drug-likeness (QED) is 0.440. The summed E-state index contributed by atoms with van der Waals surface area (Å²) in [5, 5.41) is 3.44. The van der Waals surface area contributed by atoms with Crippen molar-refractivity contribution >= 4 is 34.0 Å². The topological polar surface area (TPSA) is 107 Å². The van der Waals surface area contributed by atoms with Gasteiger partial charge in [-0.05, 0) is 48.0 Å². The molecule has 9 heteroatoms. The number of nitrogens with zero attached hydrogens (tertiary/aromatic N) is 2. The van der Waals surface area contributed by atoms with Gasteiger partial charge in [0.15, 0.2) is 0 Å². The summed E-state index contributed by atoms with van der Waals surface area (Å²) in [5.41, 5.74) is 12.9. The van der Waals surface area contributed by atoms with Crippen molar-refractivity contribution in [1.82, 2.24) is 9.97 Å². The molecular weight excluding hydrogens is 407 g/mol. The number of nitrogens with two attached hydrogens (primary N) is 2. The zero-order valence-corrected chi connectivity index (χ0v) is 15.9. The standard InChI is InChI=1S/C22H16F3N5O/c23-22(24,25)14-2-1-3-15(9-14)30-20-16-8-12(13-5-7-19(26)29-10-13)4-6-18(16)28-11-17(20)21(27)31/h1-11H,(H2,26,29)(H2,27,31)(H,28,30). The molecule has 0 atom stereocenters. The molecule has 2 heterocycles. The van der Waals surface area contributed by atoms with Crippen LogP contribution in [0, 0.1) is 0 Å². The van der Waals surface area contributed by atoms with Crippen LogP contribution < -0.4 is 16.8 Å². The van der Waals surface area contributed by atoms with E-state index in [0.717, 1.165) is 23.3 Å². The smallest absolute Gasteiger partial charge is 0.384 e. The fraction of sp³-hybridized carbons (Fsp3) is 0.0455. The normalized spacial score (nSPS) is 11.5. The predicted octanol–water partition coefficient (Wildman–Crippen LogP) is 4.74. The highest BCUT2D eigenvalue weighted by molar-refractivity contribution is 6.08. The summed E-state index contributed by atoms with van der Waals surface area (Å²) in [6.07, 6.45) is -1.60. The monoisotopic (exact) mass is 423 g/mol.